The van der Waals surface area contributed by atoms with Crippen LogP contribution in [0.2, 0.25) is 5.02 Å². The molecule has 0 saturated heterocycles. The molecule has 0 aliphatic carbocycles. The second-order valence-corrected chi connectivity index (χ2v) is 7.46. The van der Waals surface area contributed by atoms with E-state index in [-0.39, 0.29) is 5.75 Å². The van der Waals surface area contributed by atoms with Gasteiger partial charge >= 0.3 is 5.97 Å². The first kappa shape index (κ1) is 15.5. The van der Waals surface area contributed by atoms with Crippen LogP contribution >= 0.6 is 27.5 Å². The fourth-order valence-corrected chi connectivity index (χ4v) is 3.95. The van der Waals surface area contributed by atoms with Crippen LogP contribution in [0.5, 0.6) is 0 Å². The summed E-state index contributed by atoms with van der Waals surface area (Å²) >= 11 is 9.15. The molecular weight excluding hydrogens is 344 g/mol. The van der Waals surface area contributed by atoms with E-state index in [1.807, 2.05) is 0 Å². The van der Waals surface area contributed by atoms with E-state index in [0.717, 1.165) is 4.47 Å². The van der Waals surface area contributed by atoms with Gasteiger partial charge in [0.05, 0.1) is 17.4 Å². The monoisotopic (exact) mass is 354 g/mol. The van der Waals surface area contributed by atoms with E-state index in [9.17, 15) is 13.2 Å². The SMILES string of the molecule is CC(CS(=O)(=O)Cc1ccc(Br)cc1Cl)C(=O)O. The topological polar surface area (TPSA) is 71.4 Å². The van der Waals surface area contributed by atoms with Crippen LogP contribution < -0.4 is 0 Å². The first-order valence-corrected chi connectivity index (χ1v) is 8.07. The highest BCUT2D eigenvalue weighted by atomic mass is 79.9. The second kappa shape index (κ2) is 6.04. The van der Waals surface area contributed by atoms with Crippen molar-refractivity contribution in [1.29, 1.82) is 0 Å². The molecule has 1 rings (SSSR count). The molecule has 0 heterocycles. The van der Waals surface area contributed by atoms with E-state index in [0.29, 0.717) is 10.6 Å². The van der Waals surface area contributed by atoms with Crippen LogP contribution in [0.4, 0.5) is 0 Å². The lowest BCUT2D eigenvalue weighted by molar-refractivity contribution is -0.140. The van der Waals surface area contributed by atoms with Gasteiger partial charge in [-0.2, -0.15) is 0 Å². The molecule has 1 aromatic rings. The molecule has 1 aromatic carbocycles. The third kappa shape index (κ3) is 4.59. The van der Waals surface area contributed by atoms with Crippen LogP contribution in [0.1, 0.15) is 12.5 Å². The quantitative estimate of drug-likeness (QED) is 0.881. The zero-order valence-electron chi connectivity index (χ0n) is 9.56. The summed E-state index contributed by atoms with van der Waals surface area (Å²) in [5.41, 5.74) is 0.470. The number of carboxylic acids is 1. The van der Waals surface area contributed by atoms with Crippen molar-refractivity contribution in [2.24, 2.45) is 5.92 Å². The van der Waals surface area contributed by atoms with E-state index in [1.165, 1.54) is 6.92 Å². The summed E-state index contributed by atoms with van der Waals surface area (Å²) in [6, 6.07) is 4.90. The van der Waals surface area contributed by atoms with Crippen molar-refractivity contribution in [2.75, 3.05) is 5.75 Å². The Morgan fingerprint density at radius 1 is 1.50 bits per heavy atom. The minimum atomic E-state index is -3.49. The Labute approximate surface area is 119 Å². The third-order valence-corrected chi connectivity index (χ3v) is 4.92. The molecule has 0 spiro atoms. The van der Waals surface area contributed by atoms with Crippen LogP contribution in [0.25, 0.3) is 0 Å². The summed E-state index contributed by atoms with van der Waals surface area (Å²) in [5, 5.41) is 9.05. The Morgan fingerprint density at radius 2 is 2.11 bits per heavy atom. The third-order valence-electron chi connectivity index (χ3n) is 2.32. The molecule has 1 unspecified atom stereocenters. The minimum absolute atomic E-state index is 0.253. The van der Waals surface area contributed by atoms with E-state index in [4.69, 9.17) is 16.7 Å². The molecule has 0 amide bonds. The Balaban J connectivity index is 2.86. The van der Waals surface area contributed by atoms with Crippen molar-refractivity contribution in [3.63, 3.8) is 0 Å². The molecule has 100 valence electrons. The standard InChI is InChI=1S/C11H12BrClO4S/c1-7(11(14)15)5-18(16,17)6-8-2-3-9(12)4-10(8)13/h2-4,7H,5-6H2,1H3,(H,14,15). The molecule has 0 bridgehead atoms. The zero-order valence-corrected chi connectivity index (χ0v) is 12.7. The van der Waals surface area contributed by atoms with Gasteiger partial charge in [-0.15, -0.1) is 0 Å². The molecule has 0 radical (unpaired) electrons. The highest BCUT2D eigenvalue weighted by molar-refractivity contribution is 9.10. The van der Waals surface area contributed by atoms with Gasteiger partial charge in [0.15, 0.2) is 9.84 Å². The van der Waals surface area contributed by atoms with E-state index < -0.39 is 27.5 Å². The molecule has 0 fully saturated rings. The number of carboxylic acid groups (broad SMARTS) is 1. The Kier molecular flexibility index (Phi) is 5.19. The Morgan fingerprint density at radius 3 is 2.61 bits per heavy atom. The molecule has 0 aliphatic rings. The van der Waals surface area contributed by atoms with Gasteiger partial charge in [-0.1, -0.05) is 40.5 Å². The molecule has 0 aliphatic heterocycles. The smallest absolute Gasteiger partial charge is 0.307 e. The maximum Gasteiger partial charge on any atom is 0.307 e. The largest absolute Gasteiger partial charge is 0.481 e. The van der Waals surface area contributed by atoms with Crippen molar-refractivity contribution in [3.05, 3.63) is 33.3 Å². The number of carbonyl (C=O) groups is 1. The average molecular weight is 356 g/mol. The first-order valence-electron chi connectivity index (χ1n) is 5.08. The lowest BCUT2D eigenvalue weighted by Crippen LogP contribution is -2.22. The highest BCUT2D eigenvalue weighted by Gasteiger charge is 2.22. The van der Waals surface area contributed by atoms with E-state index >= 15 is 0 Å². The van der Waals surface area contributed by atoms with Crippen LogP contribution in [0, 0.1) is 5.92 Å². The number of hydrogen-bond donors (Lipinski definition) is 1. The summed E-state index contributed by atoms with van der Waals surface area (Å²) in [7, 11) is -3.49. The Hall–Kier alpha value is -0.590. The average Bonchev–Trinajstić information content (AvgIpc) is 2.21. The van der Waals surface area contributed by atoms with Gasteiger partial charge in [0.2, 0.25) is 0 Å². The van der Waals surface area contributed by atoms with Crippen molar-refractivity contribution in [2.45, 2.75) is 12.7 Å². The molecule has 18 heavy (non-hydrogen) atoms. The van der Waals surface area contributed by atoms with Gasteiger partial charge in [-0.05, 0) is 17.7 Å². The molecule has 1 N–H and O–H groups in total. The van der Waals surface area contributed by atoms with Gasteiger partial charge in [0.1, 0.15) is 0 Å². The van der Waals surface area contributed by atoms with Crippen LogP contribution in [-0.2, 0) is 20.4 Å². The lowest BCUT2D eigenvalue weighted by Gasteiger charge is -2.09. The lowest BCUT2D eigenvalue weighted by atomic mass is 10.2. The summed E-state index contributed by atoms with van der Waals surface area (Å²) in [6.07, 6.45) is 0. The maximum absolute atomic E-state index is 11.8. The van der Waals surface area contributed by atoms with Gasteiger partial charge in [0, 0.05) is 9.50 Å². The number of hydrogen-bond acceptors (Lipinski definition) is 3. The number of sulfone groups is 1. The second-order valence-electron chi connectivity index (χ2n) is 4.03. The summed E-state index contributed by atoms with van der Waals surface area (Å²) < 4.78 is 24.4. The van der Waals surface area contributed by atoms with E-state index in [2.05, 4.69) is 15.9 Å². The number of halogens is 2. The zero-order chi connectivity index (χ0) is 13.9. The van der Waals surface area contributed by atoms with Crippen molar-refractivity contribution < 1.29 is 18.3 Å². The minimum Gasteiger partial charge on any atom is -0.481 e. The van der Waals surface area contributed by atoms with Gasteiger partial charge in [-0.3, -0.25) is 4.79 Å². The normalized spacial score (nSPS) is 13.3. The molecule has 0 aromatic heterocycles. The predicted octanol–water partition coefficient (Wildman–Crippen LogP) is 2.74. The molecule has 7 heteroatoms. The summed E-state index contributed by atoms with van der Waals surface area (Å²) in [4.78, 5) is 10.6. The van der Waals surface area contributed by atoms with E-state index in [1.54, 1.807) is 18.2 Å². The summed E-state index contributed by atoms with van der Waals surface area (Å²) in [6.45, 7) is 1.36. The fraction of sp³-hybridized carbons (Fsp3) is 0.364. The molecular formula is C11H12BrClO4S. The van der Waals surface area contributed by atoms with Crippen LogP contribution in [-0.4, -0.2) is 25.2 Å². The first-order chi connectivity index (χ1) is 8.21. The number of aliphatic carboxylic acids is 1. The molecule has 0 saturated carbocycles. The maximum atomic E-state index is 11.8. The van der Waals surface area contributed by atoms with Gasteiger partial charge < -0.3 is 5.11 Å². The van der Waals surface area contributed by atoms with Crippen molar-refractivity contribution >= 4 is 43.3 Å². The van der Waals surface area contributed by atoms with Crippen molar-refractivity contribution in [1.82, 2.24) is 0 Å². The van der Waals surface area contributed by atoms with Gasteiger partial charge in [-0.25, -0.2) is 8.42 Å². The fourth-order valence-electron chi connectivity index (χ4n) is 1.39. The molecule has 4 nitrogen and oxygen atoms in total. The molecule has 1 atom stereocenters. The summed E-state index contributed by atoms with van der Waals surface area (Å²) in [5.74, 6) is -2.70. The Bertz CT molecular complexity index is 556. The van der Waals surface area contributed by atoms with Crippen LogP contribution in [0.3, 0.4) is 0 Å². The van der Waals surface area contributed by atoms with Gasteiger partial charge in [0.25, 0.3) is 0 Å². The predicted molar refractivity (Wildman–Crippen MR) is 73.4 cm³/mol. The number of rotatable bonds is 5. The van der Waals surface area contributed by atoms with Crippen molar-refractivity contribution in [3.8, 4) is 0 Å². The van der Waals surface area contributed by atoms with Crippen LogP contribution in [0.15, 0.2) is 22.7 Å². The highest BCUT2D eigenvalue weighted by Crippen LogP contribution is 2.23. The number of benzene rings is 1.